The highest BCUT2D eigenvalue weighted by Crippen LogP contribution is 2.25. The molecule has 2 aliphatic rings. The zero-order chi connectivity index (χ0) is 16.8. The van der Waals surface area contributed by atoms with Crippen molar-refractivity contribution in [3.63, 3.8) is 0 Å². The van der Waals surface area contributed by atoms with Crippen LogP contribution >= 0.6 is 0 Å². The molecule has 2 atom stereocenters. The number of rotatable bonds is 6. The number of carbonyl (C=O) groups is 1. The third-order valence-corrected chi connectivity index (χ3v) is 4.99. The lowest BCUT2D eigenvalue weighted by Gasteiger charge is -2.28. The number of nitrogens with zero attached hydrogens (tertiary/aromatic N) is 1. The highest BCUT2D eigenvalue weighted by molar-refractivity contribution is 5.76. The molecule has 1 aromatic carbocycles. The SMILES string of the molecule is CC[C@@H]1C[C@@H](CC(=O)NCc2cccc(N3CC=CC3)c2)CCO1. The minimum absolute atomic E-state index is 0.157. The Morgan fingerprint density at radius 2 is 2.17 bits per heavy atom. The van der Waals surface area contributed by atoms with Crippen molar-refractivity contribution >= 4 is 11.6 Å². The first-order valence-electron chi connectivity index (χ1n) is 9.11. The summed E-state index contributed by atoms with van der Waals surface area (Å²) in [6.07, 6.45) is 8.38. The smallest absolute Gasteiger partial charge is 0.220 e. The minimum atomic E-state index is 0.157. The van der Waals surface area contributed by atoms with E-state index in [1.807, 2.05) is 0 Å². The maximum atomic E-state index is 12.2. The lowest BCUT2D eigenvalue weighted by molar-refractivity contribution is -0.123. The fourth-order valence-electron chi connectivity index (χ4n) is 3.52. The molecule has 1 amide bonds. The summed E-state index contributed by atoms with van der Waals surface area (Å²) in [4.78, 5) is 14.6. The zero-order valence-corrected chi connectivity index (χ0v) is 14.5. The number of benzene rings is 1. The van der Waals surface area contributed by atoms with Crippen molar-refractivity contribution in [3.8, 4) is 0 Å². The van der Waals surface area contributed by atoms with E-state index in [-0.39, 0.29) is 5.91 Å². The number of anilines is 1. The number of hydrogen-bond donors (Lipinski definition) is 1. The van der Waals surface area contributed by atoms with Crippen LogP contribution in [0.1, 0.15) is 38.2 Å². The summed E-state index contributed by atoms with van der Waals surface area (Å²) in [7, 11) is 0. The van der Waals surface area contributed by atoms with Crippen molar-refractivity contribution in [2.24, 2.45) is 5.92 Å². The molecule has 0 spiro atoms. The number of hydrogen-bond acceptors (Lipinski definition) is 3. The Kier molecular flexibility index (Phi) is 5.91. The Morgan fingerprint density at radius 3 is 2.96 bits per heavy atom. The van der Waals surface area contributed by atoms with Crippen molar-refractivity contribution in [3.05, 3.63) is 42.0 Å². The molecular formula is C20H28N2O2. The normalized spacial score (nSPS) is 23.5. The molecule has 0 unspecified atom stereocenters. The van der Waals surface area contributed by atoms with Crippen molar-refractivity contribution in [2.45, 2.75) is 45.3 Å². The van der Waals surface area contributed by atoms with Gasteiger partial charge in [-0.05, 0) is 42.9 Å². The molecule has 4 nitrogen and oxygen atoms in total. The number of amides is 1. The summed E-state index contributed by atoms with van der Waals surface area (Å²) in [5, 5.41) is 3.08. The first kappa shape index (κ1) is 17.0. The summed E-state index contributed by atoms with van der Waals surface area (Å²) in [5.41, 5.74) is 2.38. The van der Waals surface area contributed by atoms with Gasteiger partial charge < -0.3 is 15.0 Å². The van der Waals surface area contributed by atoms with Crippen molar-refractivity contribution in [2.75, 3.05) is 24.6 Å². The summed E-state index contributed by atoms with van der Waals surface area (Å²) >= 11 is 0. The third-order valence-electron chi connectivity index (χ3n) is 4.99. The largest absolute Gasteiger partial charge is 0.378 e. The van der Waals surface area contributed by atoms with Crippen LogP contribution < -0.4 is 10.2 Å². The molecule has 0 bridgehead atoms. The molecule has 0 aliphatic carbocycles. The monoisotopic (exact) mass is 328 g/mol. The fourth-order valence-corrected chi connectivity index (χ4v) is 3.52. The Hall–Kier alpha value is -1.81. The second-order valence-electron chi connectivity index (χ2n) is 6.82. The molecule has 1 saturated heterocycles. The average Bonchev–Trinajstić information content (AvgIpc) is 3.15. The number of carbonyl (C=O) groups excluding carboxylic acids is 1. The van der Waals surface area contributed by atoms with Crippen molar-refractivity contribution in [1.29, 1.82) is 0 Å². The van der Waals surface area contributed by atoms with Crippen LogP contribution in [0.3, 0.4) is 0 Å². The Labute approximate surface area is 144 Å². The van der Waals surface area contributed by atoms with Crippen LogP contribution in [0.5, 0.6) is 0 Å². The minimum Gasteiger partial charge on any atom is -0.378 e. The molecule has 0 radical (unpaired) electrons. The van der Waals surface area contributed by atoms with E-state index in [9.17, 15) is 4.79 Å². The van der Waals surface area contributed by atoms with Crippen LogP contribution in [-0.4, -0.2) is 31.7 Å². The molecule has 1 N–H and O–H groups in total. The van der Waals surface area contributed by atoms with E-state index in [1.165, 1.54) is 5.69 Å². The lowest BCUT2D eigenvalue weighted by Crippen LogP contribution is -2.30. The maximum Gasteiger partial charge on any atom is 0.220 e. The summed E-state index contributed by atoms with van der Waals surface area (Å²) in [5.74, 6) is 0.621. The van der Waals surface area contributed by atoms with E-state index in [4.69, 9.17) is 4.74 Å². The van der Waals surface area contributed by atoms with E-state index >= 15 is 0 Å². The second-order valence-corrected chi connectivity index (χ2v) is 6.82. The average molecular weight is 328 g/mol. The van der Waals surface area contributed by atoms with Gasteiger partial charge in [0.1, 0.15) is 0 Å². The van der Waals surface area contributed by atoms with E-state index in [0.29, 0.717) is 25.0 Å². The highest BCUT2D eigenvalue weighted by atomic mass is 16.5. The van der Waals surface area contributed by atoms with Gasteiger partial charge in [-0.25, -0.2) is 0 Å². The van der Waals surface area contributed by atoms with Crippen LogP contribution in [0.2, 0.25) is 0 Å². The quantitative estimate of drug-likeness (QED) is 0.815. The van der Waals surface area contributed by atoms with E-state index in [2.05, 4.69) is 53.6 Å². The number of ether oxygens (including phenoxy) is 1. The first-order valence-corrected chi connectivity index (χ1v) is 9.11. The van der Waals surface area contributed by atoms with Gasteiger partial charge in [0.2, 0.25) is 5.91 Å². The molecular weight excluding hydrogens is 300 g/mol. The lowest BCUT2D eigenvalue weighted by atomic mass is 9.91. The van der Waals surface area contributed by atoms with E-state index in [0.717, 1.165) is 44.5 Å². The Balaban J connectivity index is 1.46. The third kappa shape index (κ3) is 4.60. The molecule has 3 rings (SSSR count). The van der Waals surface area contributed by atoms with Crippen LogP contribution in [0.15, 0.2) is 36.4 Å². The van der Waals surface area contributed by atoms with Gasteiger partial charge in [0, 0.05) is 38.3 Å². The molecule has 0 aromatic heterocycles. The summed E-state index contributed by atoms with van der Waals surface area (Å²) < 4.78 is 5.69. The van der Waals surface area contributed by atoms with E-state index < -0.39 is 0 Å². The molecule has 0 saturated carbocycles. The van der Waals surface area contributed by atoms with Crippen LogP contribution in [0.25, 0.3) is 0 Å². The Bertz CT molecular complexity index is 577. The van der Waals surface area contributed by atoms with Gasteiger partial charge in [-0.3, -0.25) is 4.79 Å². The van der Waals surface area contributed by atoms with Gasteiger partial charge >= 0.3 is 0 Å². The molecule has 1 aromatic rings. The predicted octanol–water partition coefficient (Wildman–Crippen LogP) is 3.27. The molecule has 24 heavy (non-hydrogen) atoms. The second kappa shape index (κ2) is 8.34. The fraction of sp³-hybridized carbons (Fsp3) is 0.550. The first-order chi connectivity index (χ1) is 11.7. The molecule has 130 valence electrons. The Morgan fingerprint density at radius 1 is 1.33 bits per heavy atom. The van der Waals surface area contributed by atoms with Crippen LogP contribution in [0, 0.1) is 5.92 Å². The van der Waals surface area contributed by atoms with Crippen LogP contribution in [-0.2, 0) is 16.1 Å². The maximum absolute atomic E-state index is 12.2. The van der Waals surface area contributed by atoms with Gasteiger partial charge in [-0.15, -0.1) is 0 Å². The van der Waals surface area contributed by atoms with Crippen molar-refractivity contribution < 1.29 is 9.53 Å². The van der Waals surface area contributed by atoms with Gasteiger partial charge in [0.25, 0.3) is 0 Å². The molecule has 2 aliphatic heterocycles. The summed E-state index contributed by atoms with van der Waals surface area (Å²) in [6.45, 7) is 5.49. The van der Waals surface area contributed by atoms with Crippen LogP contribution in [0.4, 0.5) is 5.69 Å². The standard InChI is InChI=1S/C20H28N2O2/c1-2-19-13-16(8-11-24-19)14-20(23)21-15-17-6-5-7-18(12-17)22-9-3-4-10-22/h3-7,12,16,19H,2,8-11,13-15H2,1H3,(H,21,23)/t16-,19+/m0/s1. The molecule has 2 heterocycles. The topological polar surface area (TPSA) is 41.6 Å². The predicted molar refractivity (Wildman–Crippen MR) is 97.0 cm³/mol. The van der Waals surface area contributed by atoms with Crippen molar-refractivity contribution in [1.82, 2.24) is 5.32 Å². The van der Waals surface area contributed by atoms with Gasteiger partial charge in [0.05, 0.1) is 6.10 Å². The highest BCUT2D eigenvalue weighted by Gasteiger charge is 2.23. The molecule has 4 heteroatoms. The van der Waals surface area contributed by atoms with E-state index in [1.54, 1.807) is 0 Å². The zero-order valence-electron chi connectivity index (χ0n) is 14.5. The summed E-state index contributed by atoms with van der Waals surface area (Å²) in [6, 6.07) is 8.45. The van der Waals surface area contributed by atoms with Gasteiger partial charge in [-0.2, -0.15) is 0 Å². The van der Waals surface area contributed by atoms with Gasteiger partial charge in [-0.1, -0.05) is 31.2 Å². The molecule has 1 fully saturated rings. The van der Waals surface area contributed by atoms with Gasteiger partial charge in [0.15, 0.2) is 0 Å². The number of nitrogens with one attached hydrogen (secondary N) is 1.